The number of amides is 1. The molecule has 32 heavy (non-hydrogen) atoms. The first-order valence-electron chi connectivity index (χ1n) is 9.51. The maximum Gasteiger partial charge on any atom is 0.271 e. The topological polar surface area (TPSA) is 112 Å². The number of rotatable bonds is 9. The standard InChI is InChI=1S/C23H21N3O6/c1-30-21-11-18(12-22(13-21)31-2)23(27)25-24-14-16-5-9-20(10-6-16)32-15-17-3-7-19(8-4-17)26(28)29/h3-14H,15H2,1-2H3,(H,25,27)/b24-14-. The molecule has 0 bridgehead atoms. The number of ether oxygens (including phenoxy) is 3. The molecule has 0 atom stereocenters. The van der Waals surface area contributed by atoms with Gasteiger partial charge < -0.3 is 14.2 Å². The van der Waals surface area contributed by atoms with Gasteiger partial charge in [-0.25, -0.2) is 5.43 Å². The Balaban J connectivity index is 1.54. The number of nitrogens with zero attached hydrogens (tertiary/aromatic N) is 2. The van der Waals surface area contributed by atoms with Crippen molar-refractivity contribution < 1.29 is 23.9 Å². The van der Waals surface area contributed by atoms with Crippen molar-refractivity contribution in [2.75, 3.05) is 14.2 Å². The van der Waals surface area contributed by atoms with Crippen molar-refractivity contribution in [1.82, 2.24) is 5.43 Å². The Morgan fingerprint density at radius 1 is 0.969 bits per heavy atom. The molecule has 3 aromatic rings. The molecule has 0 radical (unpaired) electrons. The molecular formula is C23H21N3O6. The number of hydrazone groups is 1. The highest BCUT2D eigenvalue weighted by molar-refractivity contribution is 5.95. The zero-order valence-electron chi connectivity index (χ0n) is 17.5. The Bertz CT molecular complexity index is 1090. The summed E-state index contributed by atoms with van der Waals surface area (Å²) < 4.78 is 16.0. The summed E-state index contributed by atoms with van der Waals surface area (Å²) in [7, 11) is 3.02. The van der Waals surface area contributed by atoms with E-state index in [-0.39, 0.29) is 12.3 Å². The molecule has 0 aliphatic rings. The van der Waals surface area contributed by atoms with E-state index in [4.69, 9.17) is 14.2 Å². The minimum absolute atomic E-state index is 0.0371. The number of nitrogens with one attached hydrogen (secondary N) is 1. The second-order valence-electron chi connectivity index (χ2n) is 6.58. The van der Waals surface area contributed by atoms with Crippen LogP contribution in [0.25, 0.3) is 0 Å². The molecule has 164 valence electrons. The van der Waals surface area contributed by atoms with Crippen molar-refractivity contribution in [3.05, 3.63) is 93.5 Å². The lowest BCUT2D eigenvalue weighted by Gasteiger charge is -2.07. The van der Waals surface area contributed by atoms with Gasteiger partial charge in [-0.05, 0) is 59.7 Å². The van der Waals surface area contributed by atoms with Gasteiger partial charge in [0.25, 0.3) is 11.6 Å². The quantitative estimate of drug-likeness (QED) is 0.309. The van der Waals surface area contributed by atoms with Crippen LogP contribution in [0.2, 0.25) is 0 Å². The molecule has 0 aliphatic heterocycles. The van der Waals surface area contributed by atoms with Gasteiger partial charge in [0.1, 0.15) is 23.9 Å². The van der Waals surface area contributed by atoms with E-state index in [0.717, 1.165) is 11.1 Å². The third-order valence-corrected chi connectivity index (χ3v) is 4.43. The lowest BCUT2D eigenvalue weighted by Crippen LogP contribution is -2.17. The van der Waals surface area contributed by atoms with E-state index >= 15 is 0 Å². The highest BCUT2D eigenvalue weighted by Gasteiger charge is 2.09. The van der Waals surface area contributed by atoms with Crippen molar-refractivity contribution in [3.63, 3.8) is 0 Å². The average molecular weight is 435 g/mol. The van der Waals surface area contributed by atoms with Gasteiger partial charge in [-0.2, -0.15) is 5.10 Å². The number of hydrogen-bond acceptors (Lipinski definition) is 7. The smallest absolute Gasteiger partial charge is 0.271 e. The van der Waals surface area contributed by atoms with Gasteiger partial charge in [0, 0.05) is 23.8 Å². The molecule has 9 heteroatoms. The molecule has 0 aromatic heterocycles. The van der Waals surface area contributed by atoms with Crippen LogP contribution < -0.4 is 19.6 Å². The first-order chi connectivity index (χ1) is 15.5. The minimum atomic E-state index is -0.444. The Labute approximate surface area is 184 Å². The van der Waals surface area contributed by atoms with Crippen LogP contribution >= 0.6 is 0 Å². The largest absolute Gasteiger partial charge is 0.497 e. The van der Waals surface area contributed by atoms with Crippen LogP contribution in [0.15, 0.2) is 71.8 Å². The Morgan fingerprint density at radius 3 is 2.16 bits per heavy atom. The van der Waals surface area contributed by atoms with Crippen LogP contribution in [0.3, 0.4) is 0 Å². The number of benzene rings is 3. The molecule has 0 unspecified atom stereocenters. The Kier molecular flexibility index (Phi) is 7.37. The van der Waals surface area contributed by atoms with Crippen molar-refractivity contribution in [2.24, 2.45) is 5.10 Å². The van der Waals surface area contributed by atoms with E-state index in [0.29, 0.717) is 22.8 Å². The van der Waals surface area contributed by atoms with Gasteiger partial charge in [0.05, 0.1) is 25.4 Å². The van der Waals surface area contributed by atoms with E-state index in [1.165, 1.54) is 32.6 Å². The van der Waals surface area contributed by atoms with E-state index in [1.54, 1.807) is 54.6 Å². The second-order valence-corrected chi connectivity index (χ2v) is 6.58. The fourth-order valence-electron chi connectivity index (χ4n) is 2.70. The maximum atomic E-state index is 12.3. The SMILES string of the molecule is COc1cc(OC)cc(C(=O)N/N=C\c2ccc(OCc3ccc([N+](=O)[O-])cc3)cc2)c1. The lowest BCUT2D eigenvalue weighted by molar-refractivity contribution is -0.384. The number of carbonyl (C=O) groups excluding carboxylic acids is 1. The number of methoxy groups -OCH3 is 2. The summed E-state index contributed by atoms with van der Waals surface area (Å²) in [4.78, 5) is 22.6. The molecule has 3 rings (SSSR count). The second kappa shape index (κ2) is 10.6. The van der Waals surface area contributed by atoms with Crippen LogP contribution in [0, 0.1) is 10.1 Å². The van der Waals surface area contributed by atoms with E-state index in [2.05, 4.69) is 10.5 Å². The zero-order chi connectivity index (χ0) is 22.9. The molecule has 9 nitrogen and oxygen atoms in total. The van der Waals surface area contributed by atoms with Crippen molar-refractivity contribution in [1.29, 1.82) is 0 Å². The fourth-order valence-corrected chi connectivity index (χ4v) is 2.70. The van der Waals surface area contributed by atoms with Crippen molar-refractivity contribution in [2.45, 2.75) is 6.61 Å². The minimum Gasteiger partial charge on any atom is -0.497 e. The normalized spacial score (nSPS) is 10.6. The zero-order valence-corrected chi connectivity index (χ0v) is 17.5. The summed E-state index contributed by atoms with van der Waals surface area (Å²) >= 11 is 0. The molecular weight excluding hydrogens is 414 g/mol. The number of nitro groups is 1. The van der Waals surface area contributed by atoms with Gasteiger partial charge in [-0.15, -0.1) is 0 Å². The van der Waals surface area contributed by atoms with Crippen LogP contribution in [0.5, 0.6) is 17.2 Å². The highest BCUT2D eigenvalue weighted by Crippen LogP contribution is 2.22. The van der Waals surface area contributed by atoms with Crippen LogP contribution in [-0.2, 0) is 6.61 Å². The predicted molar refractivity (Wildman–Crippen MR) is 118 cm³/mol. The van der Waals surface area contributed by atoms with Gasteiger partial charge in [-0.1, -0.05) is 0 Å². The first kappa shape index (κ1) is 22.3. The average Bonchev–Trinajstić information content (AvgIpc) is 2.83. The highest BCUT2D eigenvalue weighted by atomic mass is 16.6. The Hall–Kier alpha value is -4.40. The molecule has 0 fully saturated rings. The predicted octanol–water partition coefficient (Wildman–Crippen LogP) is 3.95. The maximum absolute atomic E-state index is 12.3. The van der Waals surface area contributed by atoms with Gasteiger partial charge in [-0.3, -0.25) is 14.9 Å². The molecule has 3 aromatic carbocycles. The third kappa shape index (κ3) is 6.05. The summed E-state index contributed by atoms with van der Waals surface area (Å²) in [5.41, 5.74) is 4.43. The van der Waals surface area contributed by atoms with Crippen LogP contribution in [0.1, 0.15) is 21.5 Å². The molecule has 0 aliphatic carbocycles. The fraction of sp³-hybridized carbons (Fsp3) is 0.130. The van der Waals surface area contributed by atoms with E-state index < -0.39 is 10.8 Å². The van der Waals surface area contributed by atoms with Gasteiger partial charge in [0.2, 0.25) is 0 Å². The van der Waals surface area contributed by atoms with Crippen molar-refractivity contribution in [3.8, 4) is 17.2 Å². The van der Waals surface area contributed by atoms with Gasteiger partial charge in [0.15, 0.2) is 0 Å². The van der Waals surface area contributed by atoms with Crippen LogP contribution in [-0.4, -0.2) is 31.3 Å². The number of hydrogen-bond donors (Lipinski definition) is 1. The lowest BCUT2D eigenvalue weighted by atomic mass is 10.2. The Morgan fingerprint density at radius 2 is 1.59 bits per heavy atom. The summed E-state index contributed by atoms with van der Waals surface area (Å²) in [5, 5.41) is 14.7. The summed E-state index contributed by atoms with van der Waals surface area (Å²) in [6.45, 7) is 0.283. The molecule has 0 saturated carbocycles. The van der Waals surface area contributed by atoms with E-state index in [1.807, 2.05) is 0 Å². The molecule has 0 spiro atoms. The van der Waals surface area contributed by atoms with Gasteiger partial charge >= 0.3 is 0 Å². The first-order valence-corrected chi connectivity index (χ1v) is 9.51. The van der Waals surface area contributed by atoms with E-state index in [9.17, 15) is 14.9 Å². The summed E-state index contributed by atoms with van der Waals surface area (Å²) in [6.07, 6.45) is 1.51. The summed E-state index contributed by atoms with van der Waals surface area (Å²) in [5.74, 6) is 1.24. The molecule has 1 N–H and O–H groups in total. The molecule has 0 heterocycles. The number of non-ortho nitro benzene ring substituents is 1. The number of carbonyl (C=O) groups is 1. The molecule has 1 amide bonds. The third-order valence-electron chi connectivity index (χ3n) is 4.43. The molecule has 0 saturated heterocycles. The monoisotopic (exact) mass is 435 g/mol. The number of nitro benzene ring substituents is 1. The van der Waals surface area contributed by atoms with Crippen molar-refractivity contribution >= 4 is 17.8 Å². The van der Waals surface area contributed by atoms with Crippen LogP contribution in [0.4, 0.5) is 5.69 Å². The summed E-state index contributed by atoms with van der Waals surface area (Å²) in [6, 6.07) is 18.1.